The Bertz CT molecular complexity index is 382. The van der Waals surface area contributed by atoms with Gasteiger partial charge in [0.25, 0.3) is 0 Å². The number of benzene rings is 1. The van der Waals surface area contributed by atoms with Gasteiger partial charge in [0.1, 0.15) is 5.75 Å². The van der Waals surface area contributed by atoms with E-state index in [-0.39, 0.29) is 6.04 Å². The second-order valence-electron chi connectivity index (χ2n) is 3.80. The SMILES string of the molecule is [B]C1(O)Oc2cc(CC(C)N)ccc2S1. The van der Waals surface area contributed by atoms with Crippen LogP contribution in [0.15, 0.2) is 23.1 Å². The Hall–Kier alpha value is -0.645. The topological polar surface area (TPSA) is 55.5 Å². The summed E-state index contributed by atoms with van der Waals surface area (Å²) in [6.07, 6.45) is 0.782. The minimum Gasteiger partial charge on any atom is -0.462 e. The summed E-state index contributed by atoms with van der Waals surface area (Å²) < 4.78 is 5.17. The smallest absolute Gasteiger partial charge is 0.207 e. The van der Waals surface area contributed by atoms with Crippen LogP contribution in [0.3, 0.4) is 0 Å². The molecule has 0 saturated carbocycles. The molecule has 3 nitrogen and oxygen atoms in total. The first kappa shape index (κ1) is 10.9. The first-order chi connectivity index (χ1) is 6.96. The fourth-order valence-electron chi connectivity index (χ4n) is 1.55. The van der Waals surface area contributed by atoms with E-state index in [1.165, 1.54) is 0 Å². The number of hydrogen-bond donors (Lipinski definition) is 2. The van der Waals surface area contributed by atoms with Crippen LogP contribution in [-0.2, 0) is 6.42 Å². The van der Waals surface area contributed by atoms with Crippen LogP contribution in [-0.4, -0.2) is 24.0 Å². The van der Waals surface area contributed by atoms with Gasteiger partial charge in [0.15, 0.2) is 7.85 Å². The summed E-state index contributed by atoms with van der Waals surface area (Å²) in [7, 11) is 5.45. The molecular formula is C10H12BNO2S. The molecule has 0 aromatic heterocycles. The van der Waals surface area contributed by atoms with Gasteiger partial charge in [-0.3, -0.25) is 0 Å². The van der Waals surface area contributed by atoms with Gasteiger partial charge >= 0.3 is 0 Å². The summed E-state index contributed by atoms with van der Waals surface area (Å²) in [5.74, 6) is 0.628. The van der Waals surface area contributed by atoms with Crippen molar-refractivity contribution in [2.24, 2.45) is 5.73 Å². The summed E-state index contributed by atoms with van der Waals surface area (Å²) in [6, 6.07) is 5.84. The van der Waals surface area contributed by atoms with Crippen LogP contribution in [0.25, 0.3) is 0 Å². The molecule has 0 saturated heterocycles. The Labute approximate surface area is 94.4 Å². The van der Waals surface area contributed by atoms with Crippen LogP contribution >= 0.6 is 11.8 Å². The van der Waals surface area contributed by atoms with Crippen LogP contribution in [0, 0.1) is 0 Å². The summed E-state index contributed by atoms with van der Waals surface area (Å²) in [4.78, 5) is 0.855. The maximum absolute atomic E-state index is 9.48. The summed E-state index contributed by atoms with van der Waals surface area (Å²) in [6.45, 7) is 1.95. The van der Waals surface area contributed by atoms with Gasteiger partial charge in [0.05, 0.1) is 4.90 Å². The van der Waals surface area contributed by atoms with Gasteiger partial charge in [-0.25, -0.2) is 0 Å². The lowest BCUT2D eigenvalue weighted by Gasteiger charge is -2.14. The lowest BCUT2D eigenvalue weighted by atomic mass is 10.1. The van der Waals surface area contributed by atoms with E-state index in [1.807, 2.05) is 25.1 Å². The third-order valence-electron chi connectivity index (χ3n) is 2.08. The van der Waals surface area contributed by atoms with Crippen molar-refractivity contribution >= 4 is 19.6 Å². The van der Waals surface area contributed by atoms with Crippen molar-refractivity contribution in [3.8, 4) is 5.75 Å². The highest BCUT2D eigenvalue weighted by Crippen LogP contribution is 2.44. The minimum atomic E-state index is -1.63. The molecule has 1 heterocycles. The Morgan fingerprint density at radius 2 is 2.40 bits per heavy atom. The predicted molar refractivity (Wildman–Crippen MR) is 61.0 cm³/mol. The van der Waals surface area contributed by atoms with Gasteiger partial charge in [-0.15, -0.1) is 0 Å². The van der Waals surface area contributed by atoms with Crippen molar-refractivity contribution in [2.45, 2.75) is 29.3 Å². The molecule has 0 amide bonds. The number of hydrogen-bond acceptors (Lipinski definition) is 4. The van der Waals surface area contributed by atoms with Crippen molar-refractivity contribution in [1.29, 1.82) is 0 Å². The number of aliphatic hydroxyl groups is 1. The zero-order valence-electron chi connectivity index (χ0n) is 8.43. The van der Waals surface area contributed by atoms with Crippen LogP contribution in [0.5, 0.6) is 5.75 Å². The first-order valence-electron chi connectivity index (χ1n) is 4.74. The first-order valence-corrected chi connectivity index (χ1v) is 5.56. The van der Waals surface area contributed by atoms with Gasteiger partial charge in [-0.05, 0) is 31.0 Å². The molecule has 2 radical (unpaired) electrons. The quantitative estimate of drug-likeness (QED) is 0.726. The molecule has 1 aromatic rings. The summed E-state index contributed by atoms with van der Waals surface area (Å²) in [5.41, 5.74) is 6.79. The molecular weight excluding hydrogens is 209 g/mol. The zero-order valence-corrected chi connectivity index (χ0v) is 9.25. The van der Waals surface area contributed by atoms with E-state index >= 15 is 0 Å². The standard InChI is InChI=1S/C10H12BNO2S/c1-6(12)4-7-2-3-9-8(5-7)14-10(11,13)15-9/h2-3,5-6,13H,4,12H2,1H3. The Balaban J connectivity index is 2.23. The van der Waals surface area contributed by atoms with E-state index in [1.54, 1.807) is 0 Å². The number of thioether (sulfide) groups is 1. The second-order valence-corrected chi connectivity index (χ2v) is 5.03. The Morgan fingerprint density at radius 1 is 1.67 bits per heavy atom. The van der Waals surface area contributed by atoms with Crippen molar-refractivity contribution in [3.63, 3.8) is 0 Å². The summed E-state index contributed by atoms with van der Waals surface area (Å²) in [5, 5.41) is 7.85. The average Bonchev–Trinajstić information content (AvgIpc) is 2.36. The molecule has 0 bridgehead atoms. The molecule has 2 atom stereocenters. The number of fused-ring (bicyclic) bond motifs is 1. The fraction of sp³-hybridized carbons (Fsp3) is 0.400. The van der Waals surface area contributed by atoms with Crippen molar-refractivity contribution in [2.75, 3.05) is 0 Å². The maximum atomic E-state index is 9.48. The molecule has 5 heteroatoms. The molecule has 0 spiro atoms. The van der Waals surface area contributed by atoms with E-state index in [4.69, 9.17) is 18.3 Å². The number of nitrogens with two attached hydrogens (primary N) is 1. The lowest BCUT2D eigenvalue weighted by Crippen LogP contribution is -2.27. The van der Waals surface area contributed by atoms with Gasteiger partial charge in [-0.2, -0.15) is 0 Å². The van der Waals surface area contributed by atoms with Gasteiger partial charge in [0, 0.05) is 6.04 Å². The molecule has 2 unspecified atom stereocenters. The number of ether oxygens (including phenoxy) is 1. The van der Waals surface area contributed by atoms with E-state index in [0.717, 1.165) is 28.6 Å². The molecule has 0 aliphatic carbocycles. The molecule has 1 aliphatic heterocycles. The number of rotatable bonds is 2. The van der Waals surface area contributed by atoms with Gasteiger partial charge < -0.3 is 15.6 Å². The van der Waals surface area contributed by atoms with E-state index < -0.39 is 5.02 Å². The highest BCUT2D eigenvalue weighted by molar-refractivity contribution is 8.01. The molecule has 2 rings (SSSR count). The average molecular weight is 221 g/mol. The van der Waals surface area contributed by atoms with E-state index in [2.05, 4.69) is 0 Å². The molecule has 15 heavy (non-hydrogen) atoms. The lowest BCUT2D eigenvalue weighted by molar-refractivity contribution is 0.0269. The van der Waals surface area contributed by atoms with Crippen LogP contribution in [0.4, 0.5) is 0 Å². The highest BCUT2D eigenvalue weighted by atomic mass is 32.2. The summed E-state index contributed by atoms with van der Waals surface area (Å²) >= 11 is 1.10. The van der Waals surface area contributed by atoms with E-state index in [9.17, 15) is 5.11 Å². The third-order valence-corrected chi connectivity index (χ3v) is 3.01. The minimum absolute atomic E-state index is 0.105. The monoisotopic (exact) mass is 221 g/mol. The molecule has 1 aliphatic rings. The van der Waals surface area contributed by atoms with Gasteiger partial charge in [0.2, 0.25) is 5.02 Å². The molecule has 78 valence electrons. The highest BCUT2D eigenvalue weighted by Gasteiger charge is 2.32. The molecule has 3 N–H and O–H groups in total. The van der Waals surface area contributed by atoms with Crippen molar-refractivity contribution in [1.82, 2.24) is 0 Å². The largest absolute Gasteiger partial charge is 0.462 e. The Kier molecular flexibility index (Phi) is 2.71. The third kappa shape index (κ3) is 2.48. The second kappa shape index (κ2) is 3.74. The molecule has 1 aromatic carbocycles. The van der Waals surface area contributed by atoms with Gasteiger partial charge in [-0.1, -0.05) is 17.8 Å². The predicted octanol–water partition coefficient (Wildman–Crippen LogP) is 0.833. The van der Waals surface area contributed by atoms with Crippen LogP contribution in [0.1, 0.15) is 12.5 Å². The van der Waals surface area contributed by atoms with Crippen molar-refractivity contribution in [3.05, 3.63) is 23.8 Å². The van der Waals surface area contributed by atoms with Crippen LogP contribution < -0.4 is 10.5 Å². The molecule has 0 fully saturated rings. The van der Waals surface area contributed by atoms with Crippen LogP contribution in [0.2, 0.25) is 0 Å². The fourth-order valence-corrected chi connectivity index (χ4v) is 2.34. The zero-order chi connectivity index (χ0) is 11.1. The Morgan fingerprint density at radius 3 is 3.07 bits per heavy atom. The normalized spacial score (nSPS) is 25.8. The maximum Gasteiger partial charge on any atom is 0.207 e. The van der Waals surface area contributed by atoms with E-state index in [0.29, 0.717) is 5.75 Å². The van der Waals surface area contributed by atoms with Crippen molar-refractivity contribution < 1.29 is 9.84 Å².